The highest BCUT2D eigenvalue weighted by Crippen LogP contribution is 2.33. The van der Waals surface area contributed by atoms with Gasteiger partial charge in [-0.2, -0.15) is 0 Å². The van der Waals surface area contributed by atoms with Gasteiger partial charge in [0.15, 0.2) is 5.78 Å². The maximum absolute atomic E-state index is 11.6. The van der Waals surface area contributed by atoms with Crippen LogP contribution in [0.5, 0.6) is 0 Å². The van der Waals surface area contributed by atoms with E-state index in [2.05, 4.69) is 15.6 Å². The van der Waals surface area contributed by atoms with Crippen LogP contribution in [0.25, 0.3) is 0 Å². The molecule has 0 bridgehead atoms. The third-order valence-electron chi connectivity index (χ3n) is 2.48. The van der Waals surface area contributed by atoms with Gasteiger partial charge in [0.05, 0.1) is 18.0 Å². The minimum Gasteiger partial charge on any atom is -0.330 e. The van der Waals surface area contributed by atoms with Crippen molar-refractivity contribution in [2.75, 3.05) is 7.11 Å². The van der Waals surface area contributed by atoms with Crippen LogP contribution in [0, 0.1) is 0 Å². The van der Waals surface area contributed by atoms with Gasteiger partial charge in [-0.15, -0.1) is 11.3 Å². The fourth-order valence-electron chi connectivity index (χ4n) is 1.79. The van der Waals surface area contributed by atoms with E-state index in [4.69, 9.17) is 0 Å². The summed E-state index contributed by atoms with van der Waals surface area (Å²) in [6.07, 6.45) is 1.12. The van der Waals surface area contributed by atoms with E-state index in [1.54, 1.807) is 0 Å². The molecule has 0 radical (unpaired) electrons. The average molecular weight is 240 g/mol. The van der Waals surface area contributed by atoms with Crippen molar-refractivity contribution < 1.29 is 14.4 Å². The molecule has 1 aliphatic rings. The number of carbonyl (C=O) groups excluding carboxylic acids is 2. The Morgan fingerprint density at radius 3 is 3.19 bits per heavy atom. The molecule has 2 rings (SSSR count). The lowest BCUT2D eigenvalue weighted by molar-refractivity contribution is 0.0955. The number of urea groups is 1. The predicted octanol–water partition coefficient (Wildman–Crippen LogP) is 1.63. The van der Waals surface area contributed by atoms with Crippen LogP contribution in [-0.2, 0) is 4.84 Å². The highest BCUT2D eigenvalue weighted by molar-refractivity contribution is 7.12. The number of ketones is 1. The minimum absolute atomic E-state index is 0.103. The fourth-order valence-corrected chi connectivity index (χ4v) is 2.73. The molecule has 0 aliphatic heterocycles. The van der Waals surface area contributed by atoms with Crippen molar-refractivity contribution in [2.45, 2.75) is 18.9 Å². The molecule has 16 heavy (non-hydrogen) atoms. The zero-order valence-corrected chi connectivity index (χ0v) is 9.60. The van der Waals surface area contributed by atoms with Gasteiger partial charge < -0.3 is 5.32 Å². The summed E-state index contributed by atoms with van der Waals surface area (Å²) in [4.78, 5) is 28.1. The number of thiophene rings is 1. The van der Waals surface area contributed by atoms with Gasteiger partial charge in [0.1, 0.15) is 0 Å². The fraction of sp³-hybridized carbons (Fsp3) is 0.400. The molecule has 1 heterocycles. The number of nitrogens with one attached hydrogen (secondary N) is 2. The van der Waals surface area contributed by atoms with Crippen molar-refractivity contribution >= 4 is 23.2 Å². The van der Waals surface area contributed by atoms with Gasteiger partial charge in [0.25, 0.3) is 0 Å². The summed E-state index contributed by atoms with van der Waals surface area (Å²) in [5, 5.41) is 4.63. The van der Waals surface area contributed by atoms with Crippen molar-refractivity contribution in [2.24, 2.45) is 0 Å². The molecule has 5 nitrogen and oxygen atoms in total. The summed E-state index contributed by atoms with van der Waals surface area (Å²) in [7, 11) is 1.37. The predicted molar refractivity (Wildman–Crippen MR) is 59.3 cm³/mol. The van der Waals surface area contributed by atoms with Gasteiger partial charge in [0.2, 0.25) is 0 Å². The number of hydrogen-bond acceptors (Lipinski definition) is 4. The molecule has 0 spiro atoms. The van der Waals surface area contributed by atoms with Crippen molar-refractivity contribution in [3.8, 4) is 0 Å². The second-order valence-corrected chi connectivity index (χ2v) is 4.42. The van der Waals surface area contributed by atoms with E-state index in [0.29, 0.717) is 12.8 Å². The molecule has 6 heteroatoms. The molecule has 1 aromatic heterocycles. The molecule has 86 valence electrons. The monoisotopic (exact) mass is 240 g/mol. The maximum Gasteiger partial charge on any atom is 0.339 e. The van der Waals surface area contributed by atoms with E-state index in [-0.39, 0.29) is 17.9 Å². The smallest absolute Gasteiger partial charge is 0.330 e. The summed E-state index contributed by atoms with van der Waals surface area (Å²) >= 11 is 1.43. The number of amides is 2. The third-order valence-corrected chi connectivity index (χ3v) is 3.46. The van der Waals surface area contributed by atoms with Crippen molar-refractivity contribution in [3.63, 3.8) is 0 Å². The lowest BCUT2D eigenvalue weighted by Gasteiger charge is -2.22. The Morgan fingerprint density at radius 1 is 1.62 bits per heavy atom. The Kier molecular flexibility index (Phi) is 3.21. The molecule has 0 aromatic carbocycles. The first-order valence-corrected chi connectivity index (χ1v) is 5.80. The molecule has 1 aliphatic carbocycles. The topological polar surface area (TPSA) is 67.4 Å². The molecule has 1 aromatic rings. The summed E-state index contributed by atoms with van der Waals surface area (Å²) < 4.78 is 0. The molecule has 2 amide bonds. The Bertz CT molecular complexity index is 416. The van der Waals surface area contributed by atoms with E-state index >= 15 is 0 Å². The Labute approximate surface area is 96.7 Å². The zero-order chi connectivity index (χ0) is 11.5. The van der Waals surface area contributed by atoms with Gasteiger partial charge in [-0.05, 0) is 23.4 Å². The Hall–Kier alpha value is -1.40. The van der Waals surface area contributed by atoms with Crippen LogP contribution in [0.2, 0.25) is 0 Å². The number of Topliss-reactive ketones (excluding diaryl/α,β-unsaturated/α-hetero) is 1. The van der Waals surface area contributed by atoms with E-state index in [1.807, 2.05) is 11.4 Å². The van der Waals surface area contributed by atoms with E-state index in [0.717, 1.165) is 10.4 Å². The van der Waals surface area contributed by atoms with Gasteiger partial charge >= 0.3 is 6.03 Å². The van der Waals surface area contributed by atoms with Crippen molar-refractivity contribution in [3.05, 3.63) is 21.9 Å². The number of hydrogen-bond donors (Lipinski definition) is 2. The quantitative estimate of drug-likeness (QED) is 0.772. The van der Waals surface area contributed by atoms with Crippen LogP contribution in [0.4, 0.5) is 4.79 Å². The standard InChI is InChI=1S/C10H12N2O3S/c1-15-12-10(14)11-7-2-3-8(13)9-6(7)4-5-16-9/h4-5,7H,2-3H2,1H3,(H2,11,12,14). The van der Waals surface area contributed by atoms with E-state index < -0.39 is 0 Å². The SMILES string of the molecule is CONC(=O)NC1CCC(=O)c2sccc21. The third kappa shape index (κ3) is 2.07. The van der Waals surface area contributed by atoms with E-state index in [9.17, 15) is 9.59 Å². The lowest BCUT2D eigenvalue weighted by atomic mass is 9.93. The molecular formula is C10H12N2O3S. The molecule has 0 saturated heterocycles. The number of carbonyl (C=O) groups is 2. The Morgan fingerprint density at radius 2 is 2.44 bits per heavy atom. The molecule has 1 atom stereocenters. The largest absolute Gasteiger partial charge is 0.339 e. The van der Waals surface area contributed by atoms with Crippen LogP contribution in [0.3, 0.4) is 0 Å². The summed E-state index contributed by atoms with van der Waals surface area (Å²) in [5.74, 6) is 0.162. The average Bonchev–Trinajstić information content (AvgIpc) is 2.72. The first-order valence-electron chi connectivity index (χ1n) is 4.92. The first-order chi connectivity index (χ1) is 7.72. The van der Waals surface area contributed by atoms with Gasteiger partial charge in [-0.1, -0.05) is 0 Å². The van der Waals surface area contributed by atoms with Crippen LogP contribution in [0.1, 0.15) is 34.1 Å². The lowest BCUT2D eigenvalue weighted by Crippen LogP contribution is -2.38. The van der Waals surface area contributed by atoms with Gasteiger partial charge in [-0.25, -0.2) is 10.3 Å². The normalized spacial score (nSPS) is 19.1. The molecule has 2 N–H and O–H groups in total. The Balaban J connectivity index is 2.11. The number of hydroxylamine groups is 1. The first kappa shape index (κ1) is 11.1. The minimum atomic E-state index is -0.390. The van der Waals surface area contributed by atoms with E-state index in [1.165, 1.54) is 18.4 Å². The van der Waals surface area contributed by atoms with Gasteiger partial charge in [-0.3, -0.25) is 9.63 Å². The maximum atomic E-state index is 11.6. The van der Waals surface area contributed by atoms with Crippen LogP contribution >= 0.6 is 11.3 Å². The highest BCUT2D eigenvalue weighted by Gasteiger charge is 2.27. The molecule has 0 fully saturated rings. The summed E-state index contributed by atoms with van der Waals surface area (Å²) in [6.45, 7) is 0. The second kappa shape index (κ2) is 4.63. The van der Waals surface area contributed by atoms with Crippen LogP contribution in [-0.4, -0.2) is 18.9 Å². The molecular weight excluding hydrogens is 228 g/mol. The molecule has 1 unspecified atom stereocenters. The number of rotatable bonds is 2. The van der Waals surface area contributed by atoms with Crippen LogP contribution < -0.4 is 10.8 Å². The molecule has 0 saturated carbocycles. The van der Waals surface area contributed by atoms with Crippen LogP contribution in [0.15, 0.2) is 11.4 Å². The highest BCUT2D eigenvalue weighted by atomic mass is 32.1. The zero-order valence-electron chi connectivity index (χ0n) is 8.78. The second-order valence-electron chi connectivity index (χ2n) is 3.50. The van der Waals surface area contributed by atoms with Crippen molar-refractivity contribution in [1.82, 2.24) is 10.8 Å². The van der Waals surface area contributed by atoms with Gasteiger partial charge in [0, 0.05) is 6.42 Å². The summed E-state index contributed by atoms with van der Waals surface area (Å²) in [5.41, 5.74) is 3.11. The van der Waals surface area contributed by atoms with Crippen molar-refractivity contribution in [1.29, 1.82) is 0 Å². The number of fused-ring (bicyclic) bond motifs is 1. The summed E-state index contributed by atoms with van der Waals surface area (Å²) in [6, 6.07) is 1.39.